The highest BCUT2D eigenvalue weighted by atomic mass is 16.2. The summed E-state index contributed by atoms with van der Waals surface area (Å²) in [5, 5.41) is 7.82. The van der Waals surface area contributed by atoms with E-state index < -0.39 is 0 Å². The average Bonchev–Trinajstić information content (AvgIpc) is 3.40. The van der Waals surface area contributed by atoms with E-state index in [-0.39, 0.29) is 5.91 Å². The second-order valence-electron chi connectivity index (χ2n) is 7.46. The lowest BCUT2D eigenvalue weighted by Crippen LogP contribution is -2.35. The predicted octanol–water partition coefficient (Wildman–Crippen LogP) is 2.67. The maximum atomic E-state index is 11.8. The van der Waals surface area contributed by atoms with Crippen LogP contribution in [0.3, 0.4) is 0 Å². The Labute approximate surface area is 147 Å². The fourth-order valence-corrected chi connectivity index (χ4v) is 4.09. The molecule has 1 N–H and O–H groups in total. The molecule has 6 heteroatoms. The molecule has 2 aliphatic heterocycles. The van der Waals surface area contributed by atoms with Crippen molar-refractivity contribution in [1.29, 1.82) is 0 Å². The van der Waals surface area contributed by atoms with Crippen molar-refractivity contribution >= 4 is 17.4 Å². The largest absolute Gasteiger partial charge is 0.338 e. The molecule has 4 heterocycles. The van der Waals surface area contributed by atoms with Crippen molar-refractivity contribution in [1.82, 2.24) is 20.1 Å². The molecule has 6 nitrogen and oxygen atoms in total. The zero-order valence-corrected chi connectivity index (χ0v) is 14.6. The van der Waals surface area contributed by atoms with Crippen LogP contribution in [0.1, 0.15) is 54.6 Å². The summed E-state index contributed by atoms with van der Waals surface area (Å²) in [6.45, 7) is 4.02. The number of hydrogen-bond donors (Lipinski definition) is 1. The Kier molecular flexibility index (Phi) is 3.33. The topological polar surface area (TPSA) is 65.1 Å². The molecule has 2 aromatic rings. The molecule has 0 bridgehead atoms. The number of amides is 1. The minimum absolute atomic E-state index is 0.132. The number of pyridine rings is 1. The molecule has 0 radical (unpaired) electrons. The van der Waals surface area contributed by atoms with Crippen molar-refractivity contribution in [3.05, 3.63) is 34.8 Å². The van der Waals surface area contributed by atoms with E-state index in [1.165, 1.54) is 41.0 Å². The number of nitrogens with zero attached hydrogens (tertiary/aromatic N) is 4. The van der Waals surface area contributed by atoms with Crippen molar-refractivity contribution in [2.75, 3.05) is 18.0 Å². The van der Waals surface area contributed by atoms with E-state index >= 15 is 0 Å². The average molecular weight is 337 g/mol. The molecule has 0 aromatic carbocycles. The number of rotatable bonds is 2. The number of fused-ring (bicyclic) bond motifs is 2. The molecule has 2 aromatic heterocycles. The first-order valence-corrected chi connectivity index (χ1v) is 9.28. The van der Waals surface area contributed by atoms with Gasteiger partial charge in [-0.05, 0) is 37.3 Å². The van der Waals surface area contributed by atoms with E-state index in [2.05, 4.69) is 21.2 Å². The van der Waals surface area contributed by atoms with Crippen molar-refractivity contribution in [3.8, 4) is 0 Å². The molecule has 25 heavy (non-hydrogen) atoms. The Balaban J connectivity index is 1.51. The lowest BCUT2D eigenvalue weighted by atomic mass is 10.00. The number of aryl methyl sites for hydroxylation is 1. The normalized spacial score (nSPS) is 19.6. The second kappa shape index (κ2) is 5.58. The van der Waals surface area contributed by atoms with Crippen LogP contribution in [0, 0.1) is 0 Å². The molecule has 0 unspecified atom stereocenters. The van der Waals surface area contributed by atoms with E-state index in [1.54, 1.807) is 6.92 Å². The van der Waals surface area contributed by atoms with Crippen LogP contribution in [0.25, 0.3) is 0 Å². The molecular weight excluding hydrogens is 314 g/mol. The SMILES string of the molecule is CC(=O)N1CCc2[nH]nc(N3CCCc4cc(C5CC5)ncc43)c2C1. The fourth-order valence-electron chi connectivity index (χ4n) is 4.09. The number of nitrogens with one attached hydrogen (secondary N) is 1. The van der Waals surface area contributed by atoms with Crippen LogP contribution in [-0.4, -0.2) is 39.1 Å². The number of carbonyl (C=O) groups is 1. The van der Waals surface area contributed by atoms with Gasteiger partial charge in [-0.25, -0.2) is 0 Å². The molecule has 3 aliphatic rings. The first-order valence-electron chi connectivity index (χ1n) is 9.28. The van der Waals surface area contributed by atoms with Crippen molar-refractivity contribution in [2.24, 2.45) is 0 Å². The van der Waals surface area contributed by atoms with Crippen LogP contribution < -0.4 is 4.90 Å². The third-order valence-electron chi connectivity index (χ3n) is 5.71. The Morgan fingerprint density at radius 1 is 1.28 bits per heavy atom. The molecule has 0 spiro atoms. The number of hydrogen-bond acceptors (Lipinski definition) is 4. The summed E-state index contributed by atoms with van der Waals surface area (Å²) in [7, 11) is 0. The van der Waals surface area contributed by atoms with Gasteiger partial charge in [-0.15, -0.1) is 0 Å². The van der Waals surface area contributed by atoms with Crippen LogP contribution in [0.5, 0.6) is 0 Å². The molecule has 5 rings (SSSR count). The number of aromatic amines is 1. The van der Waals surface area contributed by atoms with Gasteiger partial charge in [0, 0.05) is 49.3 Å². The summed E-state index contributed by atoms with van der Waals surface area (Å²) in [4.78, 5) is 20.7. The number of anilines is 2. The monoisotopic (exact) mass is 337 g/mol. The zero-order valence-electron chi connectivity index (χ0n) is 14.6. The van der Waals surface area contributed by atoms with Crippen LogP contribution in [-0.2, 0) is 24.2 Å². The van der Waals surface area contributed by atoms with Crippen molar-refractivity contribution in [3.63, 3.8) is 0 Å². The van der Waals surface area contributed by atoms with Crippen molar-refractivity contribution < 1.29 is 4.79 Å². The van der Waals surface area contributed by atoms with Crippen LogP contribution in [0.2, 0.25) is 0 Å². The minimum Gasteiger partial charge on any atom is -0.338 e. The molecule has 1 fully saturated rings. The summed E-state index contributed by atoms with van der Waals surface area (Å²) in [5.41, 5.74) is 6.17. The minimum atomic E-state index is 0.132. The molecule has 1 saturated carbocycles. The first-order chi connectivity index (χ1) is 12.2. The highest BCUT2D eigenvalue weighted by Crippen LogP contribution is 2.42. The van der Waals surface area contributed by atoms with Gasteiger partial charge in [0.1, 0.15) is 0 Å². The smallest absolute Gasteiger partial charge is 0.219 e. The number of aromatic nitrogens is 3. The third kappa shape index (κ3) is 2.51. The Bertz CT molecular complexity index is 838. The fraction of sp³-hybridized carbons (Fsp3) is 0.526. The van der Waals surface area contributed by atoms with Crippen molar-refractivity contribution in [2.45, 2.75) is 51.5 Å². The third-order valence-corrected chi connectivity index (χ3v) is 5.71. The van der Waals surface area contributed by atoms with Gasteiger partial charge in [-0.2, -0.15) is 5.10 Å². The summed E-state index contributed by atoms with van der Waals surface area (Å²) >= 11 is 0. The number of carbonyl (C=O) groups excluding carboxylic acids is 1. The lowest BCUT2D eigenvalue weighted by molar-refractivity contribution is -0.129. The van der Waals surface area contributed by atoms with Crippen LogP contribution >= 0.6 is 0 Å². The standard InChI is InChI=1S/C19H23N5O/c1-12(25)23-8-6-16-15(11-23)19(22-21-16)24-7-2-3-14-9-17(13-4-5-13)20-10-18(14)24/h9-10,13H,2-8,11H2,1H3,(H,21,22). The van der Waals surface area contributed by atoms with Gasteiger partial charge in [-0.3, -0.25) is 14.9 Å². The van der Waals surface area contributed by atoms with Gasteiger partial charge >= 0.3 is 0 Å². The summed E-state index contributed by atoms with van der Waals surface area (Å²) in [6, 6.07) is 2.31. The zero-order chi connectivity index (χ0) is 17.0. The maximum Gasteiger partial charge on any atom is 0.219 e. The molecule has 0 atom stereocenters. The van der Waals surface area contributed by atoms with Crippen LogP contribution in [0.15, 0.2) is 12.3 Å². The first kappa shape index (κ1) is 14.9. The van der Waals surface area contributed by atoms with Gasteiger partial charge in [-0.1, -0.05) is 0 Å². The molecular formula is C19H23N5O. The van der Waals surface area contributed by atoms with Gasteiger partial charge in [0.15, 0.2) is 5.82 Å². The predicted molar refractivity (Wildman–Crippen MR) is 94.9 cm³/mol. The van der Waals surface area contributed by atoms with Crippen LogP contribution in [0.4, 0.5) is 11.5 Å². The van der Waals surface area contributed by atoms with E-state index in [4.69, 9.17) is 4.98 Å². The molecule has 130 valence electrons. The lowest BCUT2D eigenvalue weighted by Gasteiger charge is -2.32. The number of H-pyrrole nitrogens is 1. The summed E-state index contributed by atoms with van der Waals surface area (Å²) < 4.78 is 0. The Morgan fingerprint density at radius 3 is 2.96 bits per heavy atom. The quantitative estimate of drug-likeness (QED) is 0.915. The maximum absolute atomic E-state index is 11.8. The van der Waals surface area contributed by atoms with E-state index in [9.17, 15) is 4.79 Å². The highest BCUT2D eigenvalue weighted by Gasteiger charge is 2.30. The van der Waals surface area contributed by atoms with Gasteiger partial charge in [0.25, 0.3) is 0 Å². The Hall–Kier alpha value is -2.37. The summed E-state index contributed by atoms with van der Waals surface area (Å²) in [5.74, 6) is 1.79. The highest BCUT2D eigenvalue weighted by molar-refractivity contribution is 5.75. The van der Waals surface area contributed by atoms with E-state index in [0.717, 1.165) is 38.2 Å². The van der Waals surface area contributed by atoms with Gasteiger partial charge in [0.05, 0.1) is 18.4 Å². The van der Waals surface area contributed by atoms with Gasteiger partial charge < -0.3 is 9.80 Å². The molecule has 0 saturated heterocycles. The van der Waals surface area contributed by atoms with E-state index in [1.807, 2.05) is 11.1 Å². The summed E-state index contributed by atoms with van der Waals surface area (Å²) in [6.07, 6.45) is 7.68. The van der Waals surface area contributed by atoms with Gasteiger partial charge in [0.2, 0.25) is 5.91 Å². The van der Waals surface area contributed by atoms with E-state index in [0.29, 0.717) is 12.5 Å². The molecule has 1 amide bonds. The second-order valence-corrected chi connectivity index (χ2v) is 7.46. The molecule has 1 aliphatic carbocycles. The Morgan fingerprint density at radius 2 is 2.16 bits per heavy atom.